The second-order valence-corrected chi connectivity index (χ2v) is 4.85. The predicted octanol–water partition coefficient (Wildman–Crippen LogP) is 0.833. The van der Waals surface area contributed by atoms with Crippen molar-refractivity contribution in [3.05, 3.63) is 0 Å². The summed E-state index contributed by atoms with van der Waals surface area (Å²) in [4.78, 5) is 2.58. The third-order valence-corrected chi connectivity index (χ3v) is 3.60. The Balaban J connectivity index is 1.90. The average Bonchev–Trinajstić information content (AvgIpc) is 2.00. The molecule has 14 heavy (non-hydrogen) atoms. The minimum Gasteiger partial charge on any atom is -0.373 e. The third-order valence-electron chi connectivity index (χ3n) is 3.60. The molecule has 1 heterocycles. The van der Waals surface area contributed by atoms with Crippen LogP contribution in [-0.2, 0) is 4.74 Å². The molecule has 4 atom stereocenters. The molecule has 0 bridgehead atoms. The standard InChI is InChI=1S/C11H22N2O/c1-8-6-13(7-9(2)14-8)11-4-3-10(11)5-12/h8-11H,3-7,12H2,1-2H3/t8-,9+,10?,11?. The lowest BCUT2D eigenvalue weighted by Crippen LogP contribution is -2.56. The monoisotopic (exact) mass is 198 g/mol. The molecule has 1 saturated heterocycles. The van der Waals surface area contributed by atoms with Gasteiger partial charge < -0.3 is 10.5 Å². The van der Waals surface area contributed by atoms with Gasteiger partial charge in [0.2, 0.25) is 0 Å². The number of nitrogens with two attached hydrogens (primary N) is 1. The SMILES string of the molecule is C[C@@H]1CN(C2CCC2CN)C[C@H](C)O1. The van der Waals surface area contributed by atoms with Gasteiger partial charge in [-0.15, -0.1) is 0 Å². The molecule has 0 aromatic heterocycles. The zero-order valence-corrected chi connectivity index (χ0v) is 9.28. The Hall–Kier alpha value is -0.120. The molecule has 0 aromatic carbocycles. The van der Waals surface area contributed by atoms with Gasteiger partial charge in [0.15, 0.2) is 0 Å². The predicted molar refractivity (Wildman–Crippen MR) is 57.1 cm³/mol. The second-order valence-electron chi connectivity index (χ2n) is 4.85. The van der Waals surface area contributed by atoms with Gasteiger partial charge in [-0.1, -0.05) is 0 Å². The average molecular weight is 198 g/mol. The Labute approximate surface area is 86.6 Å². The van der Waals surface area contributed by atoms with Crippen molar-refractivity contribution in [2.24, 2.45) is 11.7 Å². The van der Waals surface area contributed by atoms with Crippen molar-refractivity contribution in [1.29, 1.82) is 0 Å². The van der Waals surface area contributed by atoms with Gasteiger partial charge in [-0.3, -0.25) is 4.90 Å². The fourth-order valence-electron chi connectivity index (χ4n) is 2.80. The summed E-state index contributed by atoms with van der Waals surface area (Å²) in [5.74, 6) is 0.743. The van der Waals surface area contributed by atoms with Crippen LogP contribution in [0.4, 0.5) is 0 Å². The first-order chi connectivity index (χ1) is 6.70. The number of ether oxygens (including phenoxy) is 1. The summed E-state index contributed by atoms with van der Waals surface area (Å²) in [5.41, 5.74) is 5.74. The lowest BCUT2D eigenvalue weighted by Gasteiger charge is -2.48. The van der Waals surface area contributed by atoms with Gasteiger partial charge in [0.25, 0.3) is 0 Å². The first-order valence-corrected chi connectivity index (χ1v) is 5.80. The van der Waals surface area contributed by atoms with E-state index in [-0.39, 0.29) is 0 Å². The van der Waals surface area contributed by atoms with Crippen molar-refractivity contribution in [3.63, 3.8) is 0 Å². The number of hydrogen-bond donors (Lipinski definition) is 1. The summed E-state index contributed by atoms with van der Waals surface area (Å²) in [6, 6.07) is 0.744. The number of hydrogen-bond acceptors (Lipinski definition) is 3. The van der Waals surface area contributed by atoms with E-state index in [2.05, 4.69) is 18.7 Å². The Morgan fingerprint density at radius 2 is 1.86 bits per heavy atom. The molecule has 1 aliphatic carbocycles. The molecule has 3 heteroatoms. The summed E-state index contributed by atoms with van der Waals surface area (Å²) in [5, 5.41) is 0. The van der Waals surface area contributed by atoms with Crippen molar-refractivity contribution < 1.29 is 4.74 Å². The van der Waals surface area contributed by atoms with Crippen molar-refractivity contribution in [1.82, 2.24) is 4.90 Å². The van der Waals surface area contributed by atoms with Crippen molar-refractivity contribution in [2.45, 2.75) is 44.9 Å². The Morgan fingerprint density at radius 1 is 1.21 bits per heavy atom. The van der Waals surface area contributed by atoms with Gasteiger partial charge in [0.05, 0.1) is 12.2 Å². The minimum atomic E-state index is 0.387. The van der Waals surface area contributed by atoms with Crippen LogP contribution in [0, 0.1) is 5.92 Å². The molecular formula is C11H22N2O. The largest absolute Gasteiger partial charge is 0.373 e. The molecule has 0 radical (unpaired) electrons. The minimum absolute atomic E-state index is 0.387. The molecule has 2 rings (SSSR count). The van der Waals surface area contributed by atoms with Crippen LogP contribution >= 0.6 is 0 Å². The second kappa shape index (κ2) is 4.17. The molecule has 1 saturated carbocycles. The van der Waals surface area contributed by atoms with Crippen molar-refractivity contribution in [2.75, 3.05) is 19.6 Å². The van der Waals surface area contributed by atoms with Crippen LogP contribution in [0.2, 0.25) is 0 Å². The first-order valence-electron chi connectivity index (χ1n) is 5.80. The van der Waals surface area contributed by atoms with E-state index in [4.69, 9.17) is 10.5 Å². The van der Waals surface area contributed by atoms with E-state index in [1.54, 1.807) is 0 Å². The first kappa shape index (κ1) is 10.4. The molecule has 0 amide bonds. The zero-order valence-electron chi connectivity index (χ0n) is 9.28. The van der Waals surface area contributed by atoms with Gasteiger partial charge in [-0.2, -0.15) is 0 Å². The number of rotatable bonds is 2. The van der Waals surface area contributed by atoms with E-state index >= 15 is 0 Å². The molecule has 2 fully saturated rings. The summed E-state index contributed by atoms with van der Waals surface area (Å²) in [7, 11) is 0. The highest BCUT2D eigenvalue weighted by Gasteiger charge is 2.37. The van der Waals surface area contributed by atoms with Gasteiger partial charge in [-0.25, -0.2) is 0 Å². The number of nitrogens with zero attached hydrogens (tertiary/aromatic N) is 1. The van der Waals surface area contributed by atoms with E-state index in [0.717, 1.165) is 31.6 Å². The van der Waals surface area contributed by atoms with Gasteiger partial charge >= 0.3 is 0 Å². The maximum absolute atomic E-state index is 5.74. The third kappa shape index (κ3) is 1.95. The topological polar surface area (TPSA) is 38.5 Å². The molecule has 0 spiro atoms. The summed E-state index contributed by atoms with van der Waals surface area (Å²) in [6.07, 6.45) is 3.43. The highest BCUT2D eigenvalue weighted by atomic mass is 16.5. The molecule has 1 aliphatic heterocycles. The molecule has 2 N–H and O–H groups in total. The Kier molecular flexibility index (Phi) is 3.10. The van der Waals surface area contributed by atoms with E-state index < -0.39 is 0 Å². The molecule has 2 unspecified atom stereocenters. The molecular weight excluding hydrogens is 176 g/mol. The molecule has 82 valence electrons. The highest BCUT2D eigenvalue weighted by Crippen LogP contribution is 2.32. The molecule has 3 nitrogen and oxygen atoms in total. The van der Waals surface area contributed by atoms with Crippen molar-refractivity contribution >= 4 is 0 Å². The fraction of sp³-hybridized carbons (Fsp3) is 1.00. The summed E-state index contributed by atoms with van der Waals surface area (Å²) < 4.78 is 5.73. The van der Waals surface area contributed by atoms with Crippen molar-refractivity contribution in [3.8, 4) is 0 Å². The number of morpholine rings is 1. The van der Waals surface area contributed by atoms with Crippen LogP contribution in [0.5, 0.6) is 0 Å². The fourth-order valence-corrected chi connectivity index (χ4v) is 2.80. The zero-order chi connectivity index (χ0) is 10.1. The smallest absolute Gasteiger partial charge is 0.0678 e. The van der Waals surface area contributed by atoms with Crippen LogP contribution < -0.4 is 5.73 Å². The van der Waals surface area contributed by atoms with Gasteiger partial charge in [-0.05, 0) is 39.2 Å². The van der Waals surface area contributed by atoms with Crippen LogP contribution in [0.15, 0.2) is 0 Å². The van der Waals surface area contributed by atoms with Crippen LogP contribution in [0.25, 0.3) is 0 Å². The van der Waals surface area contributed by atoms with Crippen LogP contribution in [0.3, 0.4) is 0 Å². The van der Waals surface area contributed by atoms with Gasteiger partial charge in [0.1, 0.15) is 0 Å². The Bertz CT molecular complexity index is 186. The molecule has 0 aromatic rings. The van der Waals surface area contributed by atoms with E-state index in [9.17, 15) is 0 Å². The normalized spacial score (nSPS) is 44.8. The van der Waals surface area contributed by atoms with Crippen LogP contribution in [0.1, 0.15) is 26.7 Å². The van der Waals surface area contributed by atoms with Gasteiger partial charge in [0, 0.05) is 19.1 Å². The maximum Gasteiger partial charge on any atom is 0.0678 e. The quantitative estimate of drug-likeness (QED) is 0.714. The van der Waals surface area contributed by atoms with E-state index in [1.165, 1.54) is 12.8 Å². The lowest BCUT2D eigenvalue weighted by atomic mass is 9.78. The summed E-state index contributed by atoms with van der Waals surface area (Å²) >= 11 is 0. The lowest BCUT2D eigenvalue weighted by molar-refractivity contribution is -0.0996. The summed E-state index contributed by atoms with van der Waals surface area (Å²) in [6.45, 7) is 7.36. The van der Waals surface area contributed by atoms with E-state index in [0.29, 0.717) is 12.2 Å². The van der Waals surface area contributed by atoms with Crippen LogP contribution in [-0.4, -0.2) is 42.8 Å². The molecule has 2 aliphatic rings. The van der Waals surface area contributed by atoms with E-state index in [1.807, 2.05) is 0 Å². The Morgan fingerprint density at radius 3 is 2.29 bits per heavy atom. The maximum atomic E-state index is 5.74. The highest BCUT2D eigenvalue weighted by molar-refractivity contribution is 4.91.